The van der Waals surface area contributed by atoms with E-state index in [0.717, 1.165) is 10.0 Å². The van der Waals surface area contributed by atoms with E-state index in [1.165, 1.54) is 28.6 Å². The number of benzene rings is 2. The number of sulfonamides is 1. The van der Waals surface area contributed by atoms with Gasteiger partial charge in [-0.2, -0.15) is 4.31 Å². The summed E-state index contributed by atoms with van der Waals surface area (Å²) in [6, 6.07) is 13.3. The molecule has 1 amide bonds. The second-order valence-corrected chi connectivity index (χ2v) is 9.21. The van der Waals surface area contributed by atoms with Crippen LogP contribution in [0.3, 0.4) is 0 Å². The quantitative estimate of drug-likeness (QED) is 0.578. The number of carbonyl (C=O) groups is 1. The zero-order chi connectivity index (χ0) is 20.0. The van der Waals surface area contributed by atoms with Crippen molar-refractivity contribution < 1.29 is 13.2 Å². The molecule has 5 nitrogen and oxygen atoms in total. The predicted octanol–water partition coefficient (Wildman–Crippen LogP) is 4.16. The van der Waals surface area contributed by atoms with Gasteiger partial charge in [0.1, 0.15) is 0 Å². The average Bonchev–Trinajstić information content (AvgIpc) is 2.64. The van der Waals surface area contributed by atoms with Gasteiger partial charge in [-0.1, -0.05) is 39.7 Å². The van der Waals surface area contributed by atoms with E-state index < -0.39 is 10.0 Å². The standard InChI is InChI=1S/C19H22BrClN2O3S/c1-3-22(4-2)19(24)14-23(13-15-5-7-16(20)8-6-15)27(25,26)18-11-9-17(21)10-12-18/h5-12H,3-4,13-14H2,1-2H3. The number of halogens is 2. The molecule has 0 fully saturated rings. The third-order valence-electron chi connectivity index (χ3n) is 4.15. The van der Waals surface area contributed by atoms with Gasteiger partial charge in [-0.3, -0.25) is 4.79 Å². The maximum absolute atomic E-state index is 13.2. The molecule has 0 radical (unpaired) electrons. The fourth-order valence-electron chi connectivity index (χ4n) is 2.60. The fourth-order valence-corrected chi connectivity index (χ4v) is 4.37. The van der Waals surface area contributed by atoms with Gasteiger partial charge in [-0.05, 0) is 55.8 Å². The fraction of sp³-hybridized carbons (Fsp3) is 0.316. The summed E-state index contributed by atoms with van der Waals surface area (Å²) in [6.07, 6.45) is 0. The lowest BCUT2D eigenvalue weighted by molar-refractivity contribution is -0.131. The Bertz CT molecular complexity index is 867. The first kappa shape index (κ1) is 21.9. The highest BCUT2D eigenvalue weighted by Crippen LogP contribution is 2.21. The monoisotopic (exact) mass is 472 g/mol. The van der Waals surface area contributed by atoms with Crippen molar-refractivity contribution in [2.75, 3.05) is 19.6 Å². The number of hydrogen-bond donors (Lipinski definition) is 0. The minimum atomic E-state index is -3.86. The maximum Gasteiger partial charge on any atom is 0.243 e. The second-order valence-electron chi connectivity index (χ2n) is 5.92. The summed E-state index contributed by atoms with van der Waals surface area (Å²) in [5.41, 5.74) is 0.795. The molecule has 0 heterocycles. The molecular weight excluding hydrogens is 452 g/mol. The van der Waals surface area contributed by atoms with Crippen LogP contribution in [0.4, 0.5) is 0 Å². The molecule has 0 spiro atoms. The van der Waals surface area contributed by atoms with Crippen molar-refractivity contribution in [3.63, 3.8) is 0 Å². The normalized spacial score (nSPS) is 11.6. The number of amides is 1. The Labute approximate surface area is 174 Å². The molecule has 0 saturated carbocycles. The molecule has 0 atom stereocenters. The van der Waals surface area contributed by atoms with E-state index in [1.807, 2.05) is 38.1 Å². The lowest BCUT2D eigenvalue weighted by atomic mass is 10.2. The lowest BCUT2D eigenvalue weighted by Crippen LogP contribution is -2.42. The van der Waals surface area contributed by atoms with Crippen LogP contribution >= 0.6 is 27.5 Å². The molecule has 0 aliphatic rings. The highest BCUT2D eigenvalue weighted by atomic mass is 79.9. The van der Waals surface area contributed by atoms with Crippen molar-refractivity contribution in [1.29, 1.82) is 0 Å². The summed E-state index contributed by atoms with van der Waals surface area (Å²) >= 11 is 9.24. The Morgan fingerprint density at radius 1 is 1.00 bits per heavy atom. The van der Waals surface area contributed by atoms with Crippen molar-refractivity contribution >= 4 is 43.5 Å². The molecular formula is C19H22BrClN2O3S. The van der Waals surface area contributed by atoms with Crippen LogP contribution in [-0.2, 0) is 21.4 Å². The largest absolute Gasteiger partial charge is 0.342 e. The summed E-state index contributed by atoms with van der Waals surface area (Å²) in [5, 5.41) is 0.452. The Morgan fingerprint density at radius 2 is 1.56 bits per heavy atom. The van der Waals surface area contributed by atoms with E-state index in [2.05, 4.69) is 15.9 Å². The van der Waals surface area contributed by atoms with Crippen molar-refractivity contribution in [2.24, 2.45) is 0 Å². The van der Waals surface area contributed by atoms with Crippen LogP contribution in [0.1, 0.15) is 19.4 Å². The molecule has 0 aliphatic heterocycles. The minimum Gasteiger partial charge on any atom is -0.342 e. The van der Waals surface area contributed by atoms with Crippen molar-refractivity contribution in [1.82, 2.24) is 9.21 Å². The summed E-state index contributed by atoms with van der Waals surface area (Å²) in [6.45, 7) is 4.68. The minimum absolute atomic E-state index is 0.102. The maximum atomic E-state index is 13.2. The molecule has 2 aromatic carbocycles. The molecule has 2 rings (SSSR count). The Balaban J connectivity index is 2.36. The predicted molar refractivity (Wildman–Crippen MR) is 111 cm³/mol. The van der Waals surface area contributed by atoms with Crippen LogP contribution in [-0.4, -0.2) is 43.2 Å². The van der Waals surface area contributed by atoms with Gasteiger partial charge in [0, 0.05) is 29.1 Å². The molecule has 0 bridgehead atoms. The smallest absolute Gasteiger partial charge is 0.243 e. The number of nitrogens with zero attached hydrogens (tertiary/aromatic N) is 2. The summed E-state index contributed by atoms with van der Waals surface area (Å²) in [7, 11) is -3.86. The highest BCUT2D eigenvalue weighted by molar-refractivity contribution is 9.10. The van der Waals surface area contributed by atoms with Gasteiger partial charge in [0.15, 0.2) is 0 Å². The van der Waals surface area contributed by atoms with Crippen LogP contribution in [0.25, 0.3) is 0 Å². The number of carbonyl (C=O) groups excluding carboxylic acids is 1. The third-order valence-corrected chi connectivity index (χ3v) is 6.74. The van der Waals surface area contributed by atoms with E-state index in [-0.39, 0.29) is 23.9 Å². The van der Waals surface area contributed by atoms with E-state index in [9.17, 15) is 13.2 Å². The zero-order valence-corrected chi connectivity index (χ0v) is 18.4. The third kappa shape index (κ3) is 5.78. The second kappa shape index (κ2) is 9.68. The highest BCUT2D eigenvalue weighted by Gasteiger charge is 2.28. The number of rotatable bonds is 8. The first-order valence-electron chi connectivity index (χ1n) is 8.55. The SMILES string of the molecule is CCN(CC)C(=O)CN(Cc1ccc(Br)cc1)S(=O)(=O)c1ccc(Cl)cc1. The molecule has 0 aromatic heterocycles. The first-order chi connectivity index (χ1) is 12.8. The molecule has 2 aromatic rings. The van der Waals surface area contributed by atoms with Crippen molar-refractivity contribution in [3.05, 3.63) is 63.6 Å². The topological polar surface area (TPSA) is 57.7 Å². The van der Waals surface area contributed by atoms with Gasteiger partial charge in [0.2, 0.25) is 15.9 Å². The van der Waals surface area contributed by atoms with Gasteiger partial charge in [0.05, 0.1) is 11.4 Å². The summed E-state index contributed by atoms with van der Waals surface area (Å²) in [4.78, 5) is 14.3. The van der Waals surface area contributed by atoms with Crippen LogP contribution in [0.5, 0.6) is 0 Å². The molecule has 8 heteroatoms. The van der Waals surface area contributed by atoms with Crippen molar-refractivity contribution in [2.45, 2.75) is 25.3 Å². The van der Waals surface area contributed by atoms with E-state index >= 15 is 0 Å². The molecule has 27 heavy (non-hydrogen) atoms. The average molecular weight is 474 g/mol. The van der Waals surface area contributed by atoms with Gasteiger partial charge >= 0.3 is 0 Å². The molecule has 0 N–H and O–H groups in total. The zero-order valence-electron chi connectivity index (χ0n) is 15.2. The van der Waals surface area contributed by atoms with E-state index in [4.69, 9.17) is 11.6 Å². The van der Waals surface area contributed by atoms with Crippen LogP contribution in [0, 0.1) is 0 Å². The molecule has 0 saturated heterocycles. The van der Waals surface area contributed by atoms with E-state index in [0.29, 0.717) is 18.1 Å². The van der Waals surface area contributed by atoms with Crippen molar-refractivity contribution in [3.8, 4) is 0 Å². The lowest BCUT2D eigenvalue weighted by Gasteiger charge is -2.26. The molecule has 146 valence electrons. The van der Waals surface area contributed by atoms with Crippen LogP contribution < -0.4 is 0 Å². The van der Waals surface area contributed by atoms with Crippen LogP contribution in [0.15, 0.2) is 57.9 Å². The van der Waals surface area contributed by atoms with E-state index in [1.54, 1.807) is 4.90 Å². The van der Waals surface area contributed by atoms with Gasteiger partial charge in [0.25, 0.3) is 0 Å². The summed E-state index contributed by atoms with van der Waals surface area (Å²) < 4.78 is 28.4. The van der Waals surface area contributed by atoms with Gasteiger partial charge in [-0.25, -0.2) is 8.42 Å². The summed E-state index contributed by atoms with van der Waals surface area (Å²) in [5.74, 6) is -0.227. The van der Waals surface area contributed by atoms with Gasteiger partial charge in [-0.15, -0.1) is 0 Å². The Kier molecular flexibility index (Phi) is 7.85. The molecule has 0 aliphatic carbocycles. The molecule has 0 unspecified atom stereocenters. The van der Waals surface area contributed by atoms with Crippen LogP contribution in [0.2, 0.25) is 5.02 Å². The number of likely N-dealkylation sites (N-methyl/N-ethyl adjacent to an activating group) is 1. The first-order valence-corrected chi connectivity index (χ1v) is 11.2. The Hall–Kier alpha value is -1.41. The van der Waals surface area contributed by atoms with Gasteiger partial charge < -0.3 is 4.90 Å². The number of hydrogen-bond acceptors (Lipinski definition) is 3. The Morgan fingerprint density at radius 3 is 2.07 bits per heavy atom.